The predicted octanol–water partition coefficient (Wildman–Crippen LogP) is 2.83. The molecule has 2 aliphatic rings. The minimum Gasteiger partial charge on any atom is -0.450 e. The van der Waals surface area contributed by atoms with E-state index in [2.05, 4.69) is 24.5 Å². The second kappa shape index (κ2) is 11.3. The summed E-state index contributed by atoms with van der Waals surface area (Å²) >= 11 is 0. The largest absolute Gasteiger partial charge is 0.450 e. The molecule has 1 aliphatic heterocycles. The SMILES string of the molecule is CCOC(=O)N1CCC(NC(=O)[C@@H](CC(C)C)NC(=O)C2CCCCC2)CC1. The van der Waals surface area contributed by atoms with Gasteiger partial charge in [-0.25, -0.2) is 4.79 Å². The van der Waals surface area contributed by atoms with Crippen molar-refractivity contribution >= 4 is 17.9 Å². The van der Waals surface area contributed by atoms with E-state index in [0.717, 1.165) is 25.7 Å². The van der Waals surface area contributed by atoms with Crippen molar-refractivity contribution in [2.45, 2.75) is 84.2 Å². The molecule has 0 bridgehead atoms. The first-order valence-corrected chi connectivity index (χ1v) is 10.9. The maximum Gasteiger partial charge on any atom is 0.409 e. The summed E-state index contributed by atoms with van der Waals surface area (Å²) in [6.45, 7) is 7.43. The van der Waals surface area contributed by atoms with Gasteiger partial charge in [-0.1, -0.05) is 33.1 Å². The summed E-state index contributed by atoms with van der Waals surface area (Å²) in [5, 5.41) is 6.11. The van der Waals surface area contributed by atoms with E-state index in [4.69, 9.17) is 4.74 Å². The number of nitrogens with one attached hydrogen (secondary N) is 2. The molecule has 3 amide bonds. The van der Waals surface area contributed by atoms with Crippen LogP contribution in [0.15, 0.2) is 0 Å². The van der Waals surface area contributed by atoms with Crippen LogP contribution in [-0.4, -0.2) is 54.6 Å². The fourth-order valence-corrected chi connectivity index (χ4v) is 4.08. The van der Waals surface area contributed by atoms with Crippen LogP contribution in [0.5, 0.6) is 0 Å². The Balaban J connectivity index is 1.85. The number of hydrogen-bond donors (Lipinski definition) is 2. The highest BCUT2D eigenvalue weighted by Gasteiger charge is 2.30. The Bertz CT molecular complexity index is 524. The highest BCUT2D eigenvalue weighted by Crippen LogP contribution is 2.24. The van der Waals surface area contributed by atoms with Crippen LogP contribution in [0, 0.1) is 11.8 Å². The molecule has 1 saturated carbocycles. The first-order valence-electron chi connectivity index (χ1n) is 10.9. The molecular weight excluding hydrogens is 358 g/mol. The minimum absolute atomic E-state index is 0.0256. The number of amides is 3. The number of nitrogens with zero attached hydrogens (tertiary/aromatic N) is 1. The monoisotopic (exact) mass is 395 g/mol. The molecule has 7 heteroatoms. The molecule has 2 N–H and O–H groups in total. The molecule has 0 aromatic rings. The smallest absolute Gasteiger partial charge is 0.409 e. The summed E-state index contributed by atoms with van der Waals surface area (Å²) in [7, 11) is 0. The number of carbonyl (C=O) groups excluding carboxylic acids is 3. The van der Waals surface area contributed by atoms with Gasteiger partial charge < -0.3 is 20.3 Å². The van der Waals surface area contributed by atoms with Crippen molar-refractivity contribution < 1.29 is 19.1 Å². The van der Waals surface area contributed by atoms with Crippen LogP contribution in [0.3, 0.4) is 0 Å². The summed E-state index contributed by atoms with van der Waals surface area (Å²) in [5.41, 5.74) is 0. The van der Waals surface area contributed by atoms with Crippen molar-refractivity contribution in [3.8, 4) is 0 Å². The Morgan fingerprint density at radius 3 is 2.25 bits per heavy atom. The Hall–Kier alpha value is -1.79. The summed E-state index contributed by atoms with van der Waals surface area (Å²) in [6, 6.07) is -0.461. The van der Waals surface area contributed by atoms with Crippen LogP contribution in [-0.2, 0) is 14.3 Å². The van der Waals surface area contributed by atoms with Crippen LogP contribution in [0.4, 0.5) is 4.79 Å². The Morgan fingerprint density at radius 2 is 1.68 bits per heavy atom. The van der Waals surface area contributed by atoms with Crippen molar-refractivity contribution in [3.05, 3.63) is 0 Å². The summed E-state index contributed by atoms with van der Waals surface area (Å²) in [4.78, 5) is 38.9. The van der Waals surface area contributed by atoms with E-state index in [1.807, 2.05) is 0 Å². The van der Waals surface area contributed by atoms with Crippen molar-refractivity contribution in [2.75, 3.05) is 19.7 Å². The van der Waals surface area contributed by atoms with Gasteiger partial charge in [0, 0.05) is 25.0 Å². The fraction of sp³-hybridized carbons (Fsp3) is 0.857. The molecule has 1 atom stereocenters. The molecule has 1 heterocycles. The van der Waals surface area contributed by atoms with Gasteiger partial charge in [0.1, 0.15) is 6.04 Å². The highest BCUT2D eigenvalue weighted by atomic mass is 16.6. The lowest BCUT2D eigenvalue weighted by Crippen LogP contribution is -2.53. The maximum atomic E-state index is 12.9. The molecule has 1 saturated heterocycles. The summed E-state index contributed by atoms with van der Waals surface area (Å²) in [5.74, 6) is 0.280. The van der Waals surface area contributed by atoms with E-state index >= 15 is 0 Å². The molecule has 0 unspecified atom stereocenters. The van der Waals surface area contributed by atoms with Crippen LogP contribution < -0.4 is 10.6 Å². The van der Waals surface area contributed by atoms with Gasteiger partial charge in [0.15, 0.2) is 0 Å². The fourth-order valence-electron chi connectivity index (χ4n) is 4.08. The molecule has 0 aromatic carbocycles. The number of hydrogen-bond acceptors (Lipinski definition) is 4. The topological polar surface area (TPSA) is 87.7 Å². The van der Waals surface area contributed by atoms with Gasteiger partial charge in [-0.3, -0.25) is 9.59 Å². The van der Waals surface area contributed by atoms with Gasteiger partial charge in [0.25, 0.3) is 0 Å². The van der Waals surface area contributed by atoms with E-state index in [1.54, 1.807) is 11.8 Å². The molecule has 2 rings (SSSR count). The van der Waals surface area contributed by atoms with Gasteiger partial charge in [-0.15, -0.1) is 0 Å². The molecule has 0 spiro atoms. The molecule has 0 aromatic heterocycles. The second-order valence-corrected chi connectivity index (χ2v) is 8.49. The van der Waals surface area contributed by atoms with E-state index in [9.17, 15) is 14.4 Å². The highest BCUT2D eigenvalue weighted by molar-refractivity contribution is 5.88. The first kappa shape index (κ1) is 22.5. The van der Waals surface area contributed by atoms with Crippen LogP contribution in [0.25, 0.3) is 0 Å². The van der Waals surface area contributed by atoms with Gasteiger partial charge in [0.05, 0.1) is 6.61 Å². The molecular formula is C21H37N3O4. The number of carbonyl (C=O) groups is 3. The Labute approximate surface area is 168 Å². The molecule has 7 nitrogen and oxygen atoms in total. The molecule has 160 valence electrons. The average Bonchev–Trinajstić information content (AvgIpc) is 2.68. The zero-order chi connectivity index (χ0) is 20.5. The lowest BCUT2D eigenvalue weighted by molar-refractivity contribution is -0.132. The van der Waals surface area contributed by atoms with E-state index in [0.29, 0.717) is 44.9 Å². The standard InChI is InChI=1S/C21H37N3O4/c1-4-28-21(27)24-12-10-17(11-13-24)22-20(26)18(14-15(2)3)23-19(25)16-8-6-5-7-9-16/h15-18H,4-14H2,1-3H3,(H,22,26)(H,23,25)/t18-/m1/s1. The van der Waals surface area contributed by atoms with E-state index < -0.39 is 6.04 Å². The lowest BCUT2D eigenvalue weighted by atomic mass is 9.88. The summed E-state index contributed by atoms with van der Waals surface area (Å²) < 4.78 is 5.03. The number of rotatable bonds is 7. The molecule has 2 fully saturated rings. The van der Waals surface area contributed by atoms with Crippen LogP contribution in [0.1, 0.15) is 72.1 Å². The van der Waals surface area contributed by atoms with Crippen molar-refractivity contribution in [1.29, 1.82) is 0 Å². The zero-order valence-corrected chi connectivity index (χ0v) is 17.7. The van der Waals surface area contributed by atoms with Crippen LogP contribution in [0.2, 0.25) is 0 Å². The number of piperidine rings is 1. The third-order valence-corrected chi connectivity index (χ3v) is 5.68. The van der Waals surface area contributed by atoms with Gasteiger partial charge in [0.2, 0.25) is 11.8 Å². The third kappa shape index (κ3) is 6.99. The minimum atomic E-state index is -0.488. The van der Waals surface area contributed by atoms with E-state index in [-0.39, 0.29) is 29.9 Å². The maximum absolute atomic E-state index is 12.9. The number of likely N-dealkylation sites (tertiary alicyclic amines) is 1. The lowest BCUT2D eigenvalue weighted by Gasteiger charge is -2.33. The van der Waals surface area contributed by atoms with Crippen molar-refractivity contribution in [1.82, 2.24) is 15.5 Å². The van der Waals surface area contributed by atoms with E-state index in [1.165, 1.54) is 6.42 Å². The second-order valence-electron chi connectivity index (χ2n) is 8.49. The summed E-state index contributed by atoms with van der Waals surface area (Å²) in [6.07, 6.45) is 6.99. The van der Waals surface area contributed by atoms with Crippen molar-refractivity contribution in [3.63, 3.8) is 0 Å². The predicted molar refractivity (Wildman–Crippen MR) is 108 cm³/mol. The quantitative estimate of drug-likeness (QED) is 0.694. The molecule has 0 radical (unpaired) electrons. The van der Waals surface area contributed by atoms with Gasteiger partial charge >= 0.3 is 6.09 Å². The average molecular weight is 396 g/mol. The number of ether oxygens (including phenoxy) is 1. The van der Waals surface area contributed by atoms with Gasteiger partial charge in [-0.05, 0) is 44.9 Å². The third-order valence-electron chi connectivity index (χ3n) is 5.68. The Kier molecular flexibility index (Phi) is 9.06. The zero-order valence-electron chi connectivity index (χ0n) is 17.7. The Morgan fingerprint density at radius 1 is 1.04 bits per heavy atom. The molecule has 1 aliphatic carbocycles. The normalized spacial score (nSPS) is 19.9. The first-order chi connectivity index (χ1) is 13.4. The van der Waals surface area contributed by atoms with Crippen molar-refractivity contribution in [2.24, 2.45) is 11.8 Å². The molecule has 28 heavy (non-hydrogen) atoms. The van der Waals surface area contributed by atoms with Crippen LogP contribution >= 0.6 is 0 Å². The van der Waals surface area contributed by atoms with Gasteiger partial charge in [-0.2, -0.15) is 0 Å².